The Morgan fingerprint density at radius 1 is 1.03 bits per heavy atom. The third kappa shape index (κ3) is 5.45. The van der Waals surface area contributed by atoms with Gasteiger partial charge in [-0.25, -0.2) is 4.79 Å². The lowest BCUT2D eigenvalue weighted by Gasteiger charge is -2.17. The van der Waals surface area contributed by atoms with Crippen molar-refractivity contribution in [2.45, 2.75) is 33.2 Å². The van der Waals surface area contributed by atoms with Crippen molar-refractivity contribution in [1.82, 2.24) is 0 Å². The second-order valence-corrected chi connectivity index (χ2v) is 8.19. The zero-order valence-corrected chi connectivity index (χ0v) is 19.7. The Labute approximate surface area is 206 Å². The Hall–Kier alpha value is -4.01. The fraction of sp³-hybridized carbons (Fsp3) is 0.259. The van der Waals surface area contributed by atoms with E-state index in [2.05, 4.69) is 0 Å². The van der Waals surface area contributed by atoms with Crippen LogP contribution >= 0.6 is 0 Å². The third-order valence-electron chi connectivity index (χ3n) is 5.79. The van der Waals surface area contributed by atoms with Crippen LogP contribution in [-0.4, -0.2) is 25.1 Å². The van der Waals surface area contributed by atoms with Gasteiger partial charge in [0.15, 0.2) is 6.61 Å². The molecule has 9 heteroatoms. The van der Waals surface area contributed by atoms with Gasteiger partial charge in [-0.05, 0) is 73.5 Å². The smallest absolute Gasteiger partial charge is 0.416 e. The van der Waals surface area contributed by atoms with Crippen LogP contribution in [0.3, 0.4) is 0 Å². The molecule has 3 aromatic carbocycles. The highest BCUT2D eigenvalue weighted by Gasteiger charge is 2.33. The first kappa shape index (κ1) is 25.1. The second-order valence-electron chi connectivity index (χ2n) is 8.19. The minimum atomic E-state index is -4.44. The number of esters is 1. The fourth-order valence-corrected chi connectivity index (χ4v) is 3.90. The molecule has 0 radical (unpaired) electrons. The molecular formula is C27H24F3NO5. The van der Waals surface area contributed by atoms with Crippen LogP contribution in [0.1, 0.15) is 39.5 Å². The van der Waals surface area contributed by atoms with Crippen LogP contribution in [0.15, 0.2) is 60.7 Å². The molecule has 1 aliphatic heterocycles. The topological polar surface area (TPSA) is 65.1 Å². The van der Waals surface area contributed by atoms with Crippen molar-refractivity contribution in [2.24, 2.45) is 0 Å². The Morgan fingerprint density at radius 3 is 2.44 bits per heavy atom. The number of nitrogens with zero attached hydrogens (tertiary/aromatic N) is 1. The van der Waals surface area contributed by atoms with E-state index in [9.17, 15) is 22.8 Å². The van der Waals surface area contributed by atoms with E-state index in [4.69, 9.17) is 14.2 Å². The summed E-state index contributed by atoms with van der Waals surface area (Å²) in [5, 5.41) is 0. The van der Waals surface area contributed by atoms with Crippen molar-refractivity contribution in [3.63, 3.8) is 0 Å². The van der Waals surface area contributed by atoms with E-state index in [1.54, 1.807) is 37.3 Å². The molecule has 0 aliphatic carbocycles. The summed E-state index contributed by atoms with van der Waals surface area (Å²) < 4.78 is 55.0. The molecule has 0 aromatic heterocycles. The average molecular weight is 499 g/mol. The molecule has 4 rings (SSSR count). The molecule has 0 saturated heterocycles. The summed E-state index contributed by atoms with van der Waals surface area (Å²) in [7, 11) is 0. The number of ether oxygens (including phenoxy) is 3. The molecule has 3 aromatic rings. The Kier molecular flexibility index (Phi) is 7.19. The van der Waals surface area contributed by atoms with Crippen molar-refractivity contribution in [2.75, 3.05) is 18.1 Å². The molecule has 6 nitrogen and oxygen atoms in total. The van der Waals surface area contributed by atoms with Crippen LogP contribution in [0.4, 0.5) is 18.9 Å². The van der Waals surface area contributed by atoms with Crippen molar-refractivity contribution >= 4 is 17.6 Å². The van der Waals surface area contributed by atoms with Gasteiger partial charge < -0.3 is 19.1 Å². The monoisotopic (exact) mass is 499 g/mol. The first-order chi connectivity index (χ1) is 17.2. The number of hydrogen-bond acceptors (Lipinski definition) is 5. The Morgan fingerprint density at radius 2 is 1.78 bits per heavy atom. The maximum absolute atomic E-state index is 12.9. The lowest BCUT2D eigenvalue weighted by molar-refractivity contribution is -0.145. The number of carbonyl (C=O) groups excluding carboxylic acids is 2. The number of carbonyl (C=O) groups is 2. The first-order valence-electron chi connectivity index (χ1n) is 11.3. The highest BCUT2D eigenvalue weighted by atomic mass is 19.4. The van der Waals surface area contributed by atoms with Crippen LogP contribution in [-0.2, 0) is 28.9 Å². The predicted octanol–water partition coefficient (Wildman–Crippen LogP) is 5.70. The van der Waals surface area contributed by atoms with E-state index in [1.807, 2.05) is 13.0 Å². The molecule has 1 amide bonds. The van der Waals surface area contributed by atoms with Crippen LogP contribution in [0.25, 0.3) is 0 Å². The van der Waals surface area contributed by atoms with E-state index in [-0.39, 0.29) is 32.3 Å². The Balaban J connectivity index is 1.44. The zero-order valence-electron chi connectivity index (χ0n) is 19.7. The minimum absolute atomic E-state index is 0.178. The van der Waals surface area contributed by atoms with Gasteiger partial charge in [-0.1, -0.05) is 12.1 Å². The number of aryl methyl sites for hydroxylation is 1. The molecule has 188 valence electrons. The quantitative estimate of drug-likeness (QED) is 0.373. The van der Waals surface area contributed by atoms with Gasteiger partial charge in [-0.15, -0.1) is 0 Å². The molecule has 0 N–H and O–H groups in total. The van der Waals surface area contributed by atoms with Gasteiger partial charge in [0.25, 0.3) is 5.91 Å². The molecule has 1 heterocycles. The maximum Gasteiger partial charge on any atom is 0.416 e. The number of alkyl halides is 3. The van der Waals surface area contributed by atoms with Gasteiger partial charge in [-0.2, -0.15) is 13.2 Å². The number of rotatable bonds is 8. The van der Waals surface area contributed by atoms with Gasteiger partial charge in [-0.3, -0.25) is 4.79 Å². The van der Waals surface area contributed by atoms with Crippen molar-refractivity contribution in [3.8, 4) is 11.5 Å². The van der Waals surface area contributed by atoms with E-state index in [0.29, 0.717) is 28.3 Å². The van der Waals surface area contributed by atoms with Crippen molar-refractivity contribution < 1.29 is 37.0 Å². The summed E-state index contributed by atoms with van der Waals surface area (Å²) in [5.74, 6) is 0.315. The number of benzene rings is 3. The molecule has 0 fully saturated rings. The van der Waals surface area contributed by atoms with Crippen LogP contribution < -0.4 is 14.4 Å². The van der Waals surface area contributed by atoms with E-state index >= 15 is 0 Å². The maximum atomic E-state index is 12.9. The van der Waals surface area contributed by atoms with Gasteiger partial charge in [0.2, 0.25) is 0 Å². The summed E-state index contributed by atoms with van der Waals surface area (Å²) in [5.41, 5.74) is 2.52. The Bertz CT molecular complexity index is 1270. The summed E-state index contributed by atoms with van der Waals surface area (Å²) >= 11 is 0. The van der Waals surface area contributed by atoms with Crippen molar-refractivity contribution in [1.29, 1.82) is 0 Å². The number of hydrogen-bond donors (Lipinski definition) is 0. The number of fused-ring (bicyclic) bond motifs is 1. The molecule has 0 spiro atoms. The molecular weight excluding hydrogens is 475 g/mol. The van der Waals surface area contributed by atoms with E-state index < -0.39 is 17.7 Å². The number of amides is 1. The molecule has 0 atom stereocenters. The lowest BCUT2D eigenvalue weighted by Crippen LogP contribution is -2.23. The third-order valence-corrected chi connectivity index (χ3v) is 5.79. The number of halogens is 3. The van der Waals surface area contributed by atoms with Crippen LogP contribution in [0.2, 0.25) is 0 Å². The minimum Gasteiger partial charge on any atom is -0.489 e. The molecule has 0 bridgehead atoms. The molecule has 36 heavy (non-hydrogen) atoms. The largest absolute Gasteiger partial charge is 0.489 e. The van der Waals surface area contributed by atoms with Gasteiger partial charge in [0.05, 0.1) is 18.7 Å². The molecule has 1 aliphatic rings. The predicted molar refractivity (Wildman–Crippen MR) is 126 cm³/mol. The number of anilines is 1. The zero-order chi connectivity index (χ0) is 25.9. The lowest BCUT2D eigenvalue weighted by atomic mass is 10.1. The fourth-order valence-electron chi connectivity index (χ4n) is 3.90. The van der Waals surface area contributed by atoms with Gasteiger partial charge in [0, 0.05) is 16.8 Å². The van der Waals surface area contributed by atoms with Crippen molar-refractivity contribution in [3.05, 3.63) is 88.5 Å². The molecule has 0 saturated carbocycles. The normalized spacial score (nSPS) is 12.9. The van der Waals surface area contributed by atoms with Gasteiger partial charge >= 0.3 is 12.1 Å². The highest BCUT2D eigenvalue weighted by molar-refractivity contribution is 6.10. The average Bonchev–Trinajstić information content (AvgIpc) is 3.19. The SMILES string of the molecule is CCOC(=O)COc1ccc(COc2cccc3c2CN(c2ccc(C(F)(F)F)cc2)C3=O)c(C)c1. The van der Waals surface area contributed by atoms with E-state index in [0.717, 1.165) is 23.3 Å². The molecule has 0 unspecified atom stereocenters. The first-order valence-corrected chi connectivity index (χ1v) is 11.3. The summed E-state index contributed by atoms with van der Waals surface area (Å²) in [6, 6.07) is 15.0. The van der Waals surface area contributed by atoms with Gasteiger partial charge in [0.1, 0.15) is 18.1 Å². The van der Waals surface area contributed by atoms with Crippen LogP contribution in [0.5, 0.6) is 11.5 Å². The van der Waals surface area contributed by atoms with E-state index in [1.165, 1.54) is 17.0 Å². The summed E-state index contributed by atoms with van der Waals surface area (Å²) in [4.78, 5) is 25.9. The standard InChI is InChI=1S/C27H24F3NO5/c1-3-34-25(32)16-35-21-12-7-18(17(2)13-21)15-36-24-6-4-5-22-23(24)14-31(26(22)33)20-10-8-19(9-11-20)27(28,29)30/h4-13H,3,14-16H2,1-2H3. The summed E-state index contributed by atoms with van der Waals surface area (Å²) in [6.07, 6.45) is -4.44. The summed E-state index contributed by atoms with van der Waals surface area (Å²) in [6.45, 7) is 4.14. The highest BCUT2D eigenvalue weighted by Crippen LogP contribution is 2.36. The van der Waals surface area contributed by atoms with Crippen LogP contribution in [0, 0.1) is 6.92 Å². The second kappa shape index (κ2) is 10.3.